The van der Waals surface area contributed by atoms with E-state index in [1.54, 1.807) is 0 Å². The summed E-state index contributed by atoms with van der Waals surface area (Å²) in [4.78, 5) is 0. The van der Waals surface area contributed by atoms with Crippen molar-refractivity contribution in [3.05, 3.63) is 17.5 Å². The topological polar surface area (TPSA) is 90.0 Å². The molecule has 0 aromatic carbocycles. The van der Waals surface area contributed by atoms with Crippen LogP contribution in [0, 0.1) is 0 Å². The highest BCUT2D eigenvalue weighted by Gasteiger charge is 2.22. The Kier molecular flexibility index (Phi) is 4.04. The number of hydrogen-bond donors (Lipinski definition) is 2. The zero-order chi connectivity index (χ0) is 13.2. The van der Waals surface area contributed by atoms with Gasteiger partial charge in [-0.1, -0.05) is 0 Å². The SMILES string of the molecule is Cn1ncc2c1CCCC2NCCCS(N)(=O)=O. The Bertz CT molecular complexity index is 509. The molecule has 1 atom stereocenters. The molecule has 102 valence electrons. The molecule has 6 nitrogen and oxygen atoms in total. The minimum atomic E-state index is -3.34. The quantitative estimate of drug-likeness (QED) is 0.742. The van der Waals surface area contributed by atoms with Gasteiger partial charge >= 0.3 is 0 Å². The third-order valence-electron chi connectivity index (χ3n) is 3.37. The van der Waals surface area contributed by atoms with Crippen LogP contribution in [0.5, 0.6) is 0 Å². The van der Waals surface area contributed by atoms with E-state index in [0.717, 1.165) is 19.3 Å². The Labute approximate surface area is 108 Å². The van der Waals surface area contributed by atoms with Crippen molar-refractivity contribution in [2.75, 3.05) is 12.3 Å². The largest absolute Gasteiger partial charge is 0.310 e. The van der Waals surface area contributed by atoms with Crippen molar-refractivity contribution in [3.63, 3.8) is 0 Å². The van der Waals surface area contributed by atoms with Crippen LogP contribution in [0.2, 0.25) is 0 Å². The van der Waals surface area contributed by atoms with Crippen molar-refractivity contribution in [3.8, 4) is 0 Å². The van der Waals surface area contributed by atoms with Crippen molar-refractivity contribution in [2.45, 2.75) is 31.7 Å². The van der Waals surface area contributed by atoms with Gasteiger partial charge in [-0.3, -0.25) is 4.68 Å². The second-order valence-corrected chi connectivity index (χ2v) is 6.52. The Morgan fingerprint density at radius 2 is 2.39 bits per heavy atom. The molecular weight excluding hydrogens is 252 g/mol. The summed E-state index contributed by atoms with van der Waals surface area (Å²) in [5, 5.41) is 12.6. The van der Waals surface area contributed by atoms with E-state index in [1.165, 1.54) is 11.3 Å². The van der Waals surface area contributed by atoms with Gasteiger partial charge in [-0.05, 0) is 32.2 Å². The van der Waals surface area contributed by atoms with Gasteiger partial charge in [-0.15, -0.1) is 0 Å². The van der Waals surface area contributed by atoms with Crippen molar-refractivity contribution in [1.29, 1.82) is 0 Å². The van der Waals surface area contributed by atoms with E-state index in [4.69, 9.17) is 5.14 Å². The van der Waals surface area contributed by atoms with E-state index in [1.807, 2.05) is 17.9 Å². The number of aromatic nitrogens is 2. The summed E-state index contributed by atoms with van der Waals surface area (Å²) >= 11 is 0. The average molecular weight is 272 g/mol. The van der Waals surface area contributed by atoms with Crippen LogP contribution in [0.3, 0.4) is 0 Å². The fraction of sp³-hybridized carbons (Fsp3) is 0.727. The van der Waals surface area contributed by atoms with E-state index in [9.17, 15) is 8.42 Å². The molecule has 0 bridgehead atoms. The first-order valence-corrected chi connectivity index (χ1v) is 7.93. The molecule has 0 spiro atoms. The Balaban J connectivity index is 1.88. The van der Waals surface area contributed by atoms with Crippen molar-refractivity contribution < 1.29 is 8.42 Å². The fourth-order valence-electron chi connectivity index (χ4n) is 2.47. The van der Waals surface area contributed by atoms with E-state index in [-0.39, 0.29) is 5.75 Å². The maximum absolute atomic E-state index is 10.8. The number of sulfonamides is 1. The number of hydrogen-bond acceptors (Lipinski definition) is 4. The van der Waals surface area contributed by atoms with E-state index < -0.39 is 10.0 Å². The lowest BCUT2D eigenvalue weighted by molar-refractivity contribution is 0.453. The van der Waals surface area contributed by atoms with Crippen molar-refractivity contribution in [1.82, 2.24) is 15.1 Å². The Morgan fingerprint density at radius 1 is 1.61 bits per heavy atom. The van der Waals surface area contributed by atoms with Gasteiger partial charge in [0.2, 0.25) is 10.0 Å². The molecule has 0 fully saturated rings. The summed E-state index contributed by atoms with van der Waals surface area (Å²) in [5.41, 5.74) is 2.53. The number of rotatable bonds is 5. The first kappa shape index (κ1) is 13.5. The van der Waals surface area contributed by atoms with Gasteiger partial charge in [0.1, 0.15) is 0 Å². The standard InChI is InChI=1S/C11H20N4O2S/c1-15-11-5-2-4-10(9(11)8-14-15)13-6-3-7-18(12,16)17/h8,10,13H,2-7H2,1H3,(H2,12,16,17). The van der Waals surface area contributed by atoms with Gasteiger partial charge in [0.05, 0.1) is 11.9 Å². The molecule has 0 amide bonds. The number of nitrogens with one attached hydrogen (secondary N) is 1. The average Bonchev–Trinajstić information content (AvgIpc) is 2.67. The van der Waals surface area contributed by atoms with Crippen molar-refractivity contribution in [2.24, 2.45) is 12.2 Å². The minimum absolute atomic E-state index is 0.0343. The highest BCUT2D eigenvalue weighted by atomic mass is 32.2. The molecule has 1 aromatic heterocycles. The lowest BCUT2D eigenvalue weighted by Crippen LogP contribution is -2.28. The van der Waals surface area contributed by atoms with E-state index in [0.29, 0.717) is 19.0 Å². The number of aryl methyl sites for hydroxylation is 1. The number of nitrogens with two attached hydrogens (primary N) is 1. The summed E-state index contributed by atoms with van der Waals surface area (Å²) < 4.78 is 23.6. The number of primary sulfonamides is 1. The molecule has 2 rings (SSSR count). The van der Waals surface area contributed by atoms with Crippen LogP contribution in [0.25, 0.3) is 0 Å². The number of fused-ring (bicyclic) bond motifs is 1. The smallest absolute Gasteiger partial charge is 0.209 e. The highest BCUT2D eigenvalue weighted by Crippen LogP contribution is 2.28. The molecule has 18 heavy (non-hydrogen) atoms. The first-order valence-electron chi connectivity index (χ1n) is 6.22. The Hall–Kier alpha value is -0.920. The summed E-state index contributed by atoms with van der Waals surface area (Å²) in [6, 6.07) is 0.294. The predicted molar refractivity (Wildman–Crippen MR) is 69.5 cm³/mol. The van der Waals surface area contributed by atoms with Gasteiger partial charge in [0, 0.05) is 24.3 Å². The molecule has 3 N–H and O–H groups in total. The van der Waals surface area contributed by atoms with Crippen LogP contribution in [0.15, 0.2) is 6.20 Å². The van der Waals surface area contributed by atoms with Crippen LogP contribution in [0.4, 0.5) is 0 Å². The monoisotopic (exact) mass is 272 g/mol. The predicted octanol–water partition coefficient (Wildman–Crippen LogP) is 0.0657. The molecule has 1 unspecified atom stereocenters. The van der Waals surface area contributed by atoms with E-state index >= 15 is 0 Å². The molecule has 0 radical (unpaired) electrons. The molecule has 1 aliphatic rings. The molecule has 0 saturated heterocycles. The van der Waals surface area contributed by atoms with Crippen LogP contribution >= 0.6 is 0 Å². The van der Waals surface area contributed by atoms with E-state index in [2.05, 4.69) is 10.4 Å². The molecule has 0 saturated carbocycles. The normalized spacial score (nSPS) is 19.8. The van der Waals surface area contributed by atoms with Crippen LogP contribution in [-0.4, -0.2) is 30.5 Å². The minimum Gasteiger partial charge on any atom is -0.310 e. The fourth-order valence-corrected chi connectivity index (χ4v) is 3.01. The van der Waals surface area contributed by atoms with Gasteiger partial charge in [0.15, 0.2) is 0 Å². The molecule has 1 aliphatic carbocycles. The Morgan fingerprint density at radius 3 is 3.11 bits per heavy atom. The zero-order valence-electron chi connectivity index (χ0n) is 10.6. The maximum Gasteiger partial charge on any atom is 0.209 e. The van der Waals surface area contributed by atoms with Crippen LogP contribution < -0.4 is 10.5 Å². The first-order chi connectivity index (χ1) is 8.47. The van der Waals surface area contributed by atoms with Crippen LogP contribution in [-0.2, 0) is 23.5 Å². The lowest BCUT2D eigenvalue weighted by Gasteiger charge is -2.23. The van der Waals surface area contributed by atoms with Crippen LogP contribution in [0.1, 0.15) is 36.6 Å². The van der Waals surface area contributed by atoms with Gasteiger partial charge < -0.3 is 5.32 Å². The lowest BCUT2D eigenvalue weighted by atomic mass is 9.93. The van der Waals surface area contributed by atoms with Crippen molar-refractivity contribution >= 4 is 10.0 Å². The van der Waals surface area contributed by atoms with Gasteiger partial charge in [0.25, 0.3) is 0 Å². The molecule has 7 heteroatoms. The third kappa shape index (κ3) is 3.30. The highest BCUT2D eigenvalue weighted by molar-refractivity contribution is 7.89. The maximum atomic E-state index is 10.8. The summed E-state index contributed by atoms with van der Waals surface area (Å²) in [5.74, 6) is 0.0343. The summed E-state index contributed by atoms with van der Waals surface area (Å²) in [7, 11) is -1.38. The second-order valence-electron chi connectivity index (χ2n) is 4.79. The second kappa shape index (κ2) is 5.38. The number of nitrogens with zero attached hydrogens (tertiary/aromatic N) is 2. The molecule has 0 aliphatic heterocycles. The molecule has 1 heterocycles. The third-order valence-corrected chi connectivity index (χ3v) is 4.23. The summed E-state index contributed by atoms with van der Waals surface area (Å²) in [6.07, 6.45) is 5.74. The zero-order valence-corrected chi connectivity index (χ0v) is 11.4. The summed E-state index contributed by atoms with van der Waals surface area (Å²) in [6.45, 7) is 0.662. The van der Waals surface area contributed by atoms with Gasteiger partial charge in [-0.25, -0.2) is 13.6 Å². The molecular formula is C11H20N4O2S. The molecule has 1 aromatic rings. The van der Waals surface area contributed by atoms with Gasteiger partial charge in [-0.2, -0.15) is 5.10 Å².